The monoisotopic (exact) mass is 312 g/mol. The molecule has 5 nitrogen and oxygen atoms in total. The van der Waals surface area contributed by atoms with Crippen LogP contribution in [0.3, 0.4) is 0 Å². The van der Waals surface area contributed by atoms with Gasteiger partial charge in [0.1, 0.15) is 5.75 Å². The van der Waals surface area contributed by atoms with E-state index in [2.05, 4.69) is 4.98 Å². The zero-order valence-corrected chi connectivity index (χ0v) is 13.7. The fourth-order valence-corrected chi connectivity index (χ4v) is 5.16. The highest BCUT2D eigenvalue weighted by Crippen LogP contribution is 2.27. The fraction of sp³-hybridized carbons (Fsp3) is 0.667. The van der Waals surface area contributed by atoms with Crippen molar-refractivity contribution >= 4 is 9.84 Å². The van der Waals surface area contributed by atoms with Gasteiger partial charge in [0.2, 0.25) is 0 Å². The van der Waals surface area contributed by atoms with Crippen LogP contribution in [0.15, 0.2) is 6.20 Å². The maximum Gasteiger partial charge on any atom is 0.154 e. The lowest BCUT2D eigenvalue weighted by Gasteiger charge is -2.27. The summed E-state index contributed by atoms with van der Waals surface area (Å²) in [4.78, 5) is 4.41. The molecule has 0 aliphatic carbocycles. The molecule has 2 heterocycles. The second-order valence-electron chi connectivity index (χ2n) is 5.82. The van der Waals surface area contributed by atoms with E-state index < -0.39 is 21.1 Å². The first-order valence-electron chi connectivity index (χ1n) is 7.33. The number of hydrogen-bond donors (Lipinski definition) is 1. The van der Waals surface area contributed by atoms with Gasteiger partial charge in [-0.05, 0) is 26.7 Å². The van der Waals surface area contributed by atoms with Crippen molar-refractivity contribution in [3.63, 3.8) is 0 Å². The van der Waals surface area contributed by atoms with Crippen LogP contribution in [-0.2, 0) is 16.3 Å². The van der Waals surface area contributed by atoms with Gasteiger partial charge in [0.15, 0.2) is 9.84 Å². The predicted octanol–water partition coefficient (Wildman–Crippen LogP) is 1.54. The standard InChI is InChI=1S/C15H24N2O3S/c1-10-9-17-13(11(2)15(10)20-3)8-12(16)14-6-4-5-7-21(14,18)19/h9,12,14H,4-8,16H2,1-3H3. The minimum Gasteiger partial charge on any atom is -0.496 e. The molecule has 0 amide bonds. The molecular weight excluding hydrogens is 288 g/mol. The highest BCUT2D eigenvalue weighted by atomic mass is 32.2. The number of aromatic nitrogens is 1. The third-order valence-corrected chi connectivity index (χ3v) is 6.65. The number of pyridine rings is 1. The zero-order valence-electron chi connectivity index (χ0n) is 12.9. The van der Waals surface area contributed by atoms with Crippen LogP contribution in [-0.4, -0.2) is 37.6 Å². The second-order valence-corrected chi connectivity index (χ2v) is 8.15. The third-order valence-electron chi connectivity index (χ3n) is 4.29. The summed E-state index contributed by atoms with van der Waals surface area (Å²) in [6.07, 6.45) is 4.56. The van der Waals surface area contributed by atoms with Crippen molar-refractivity contribution in [2.24, 2.45) is 5.73 Å². The molecule has 0 aromatic carbocycles. The van der Waals surface area contributed by atoms with Gasteiger partial charge in [-0.3, -0.25) is 4.98 Å². The van der Waals surface area contributed by atoms with Gasteiger partial charge < -0.3 is 10.5 Å². The molecule has 0 bridgehead atoms. The van der Waals surface area contributed by atoms with Gasteiger partial charge in [-0.1, -0.05) is 6.42 Å². The van der Waals surface area contributed by atoms with E-state index in [1.807, 2.05) is 13.8 Å². The number of methoxy groups -OCH3 is 1. The molecule has 1 fully saturated rings. The molecule has 0 saturated carbocycles. The number of nitrogens with two attached hydrogens (primary N) is 1. The molecular formula is C15H24N2O3S. The number of nitrogens with zero attached hydrogens (tertiary/aromatic N) is 1. The van der Waals surface area contributed by atoms with Crippen molar-refractivity contribution in [1.29, 1.82) is 0 Å². The Hall–Kier alpha value is -1.14. The van der Waals surface area contributed by atoms with Gasteiger partial charge in [0.25, 0.3) is 0 Å². The molecule has 118 valence electrons. The molecule has 1 saturated heterocycles. The van der Waals surface area contributed by atoms with Crippen LogP contribution in [0.1, 0.15) is 36.1 Å². The topological polar surface area (TPSA) is 82.3 Å². The highest BCUT2D eigenvalue weighted by molar-refractivity contribution is 7.92. The van der Waals surface area contributed by atoms with Crippen molar-refractivity contribution in [3.8, 4) is 5.75 Å². The zero-order chi connectivity index (χ0) is 15.6. The van der Waals surface area contributed by atoms with E-state index in [4.69, 9.17) is 10.5 Å². The van der Waals surface area contributed by atoms with Crippen molar-refractivity contribution in [3.05, 3.63) is 23.0 Å². The summed E-state index contributed by atoms with van der Waals surface area (Å²) in [7, 11) is -1.43. The molecule has 0 spiro atoms. The van der Waals surface area contributed by atoms with E-state index in [-0.39, 0.29) is 5.75 Å². The minimum atomic E-state index is -3.06. The Morgan fingerprint density at radius 1 is 1.43 bits per heavy atom. The first kappa shape index (κ1) is 16.2. The SMILES string of the molecule is COc1c(C)cnc(CC(N)C2CCCCS2(=O)=O)c1C. The Balaban J connectivity index is 2.22. The first-order chi connectivity index (χ1) is 9.86. The van der Waals surface area contributed by atoms with Crippen molar-refractivity contribution in [1.82, 2.24) is 4.98 Å². The number of rotatable bonds is 4. The van der Waals surface area contributed by atoms with E-state index in [0.29, 0.717) is 12.8 Å². The fourth-order valence-electron chi connectivity index (χ4n) is 3.09. The third kappa shape index (κ3) is 3.37. The summed E-state index contributed by atoms with van der Waals surface area (Å²) in [5.41, 5.74) is 8.93. The smallest absolute Gasteiger partial charge is 0.154 e. The molecule has 6 heteroatoms. The van der Waals surface area contributed by atoms with Gasteiger partial charge in [-0.2, -0.15) is 0 Å². The average Bonchev–Trinajstić information content (AvgIpc) is 2.42. The Labute approximate surface area is 126 Å². The Kier molecular flexibility index (Phi) is 4.88. The summed E-state index contributed by atoms with van der Waals surface area (Å²) in [6.45, 7) is 3.88. The number of sulfone groups is 1. The molecule has 2 unspecified atom stereocenters. The number of hydrogen-bond acceptors (Lipinski definition) is 5. The molecule has 2 N–H and O–H groups in total. The van der Waals surface area contributed by atoms with Crippen LogP contribution in [0.4, 0.5) is 0 Å². The quantitative estimate of drug-likeness (QED) is 0.912. The molecule has 1 aromatic heterocycles. The number of ether oxygens (including phenoxy) is 1. The summed E-state index contributed by atoms with van der Waals surface area (Å²) in [6, 6.07) is -0.408. The van der Waals surface area contributed by atoms with Crippen LogP contribution in [0.2, 0.25) is 0 Å². The van der Waals surface area contributed by atoms with Gasteiger partial charge in [-0.25, -0.2) is 8.42 Å². The Bertz CT molecular complexity index is 614. The maximum atomic E-state index is 12.2. The van der Waals surface area contributed by atoms with Gasteiger partial charge in [0.05, 0.1) is 18.1 Å². The van der Waals surface area contributed by atoms with Crippen LogP contribution < -0.4 is 10.5 Å². The Morgan fingerprint density at radius 3 is 2.76 bits per heavy atom. The van der Waals surface area contributed by atoms with Crippen LogP contribution >= 0.6 is 0 Å². The Morgan fingerprint density at radius 2 is 2.14 bits per heavy atom. The van der Waals surface area contributed by atoms with Crippen LogP contribution in [0.25, 0.3) is 0 Å². The van der Waals surface area contributed by atoms with Crippen LogP contribution in [0.5, 0.6) is 5.75 Å². The predicted molar refractivity (Wildman–Crippen MR) is 83.4 cm³/mol. The molecule has 1 aliphatic rings. The van der Waals surface area contributed by atoms with E-state index >= 15 is 0 Å². The van der Waals surface area contributed by atoms with Crippen molar-refractivity contribution in [2.75, 3.05) is 12.9 Å². The average molecular weight is 312 g/mol. The normalized spacial score (nSPS) is 22.8. The summed E-state index contributed by atoms with van der Waals surface area (Å²) >= 11 is 0. The molecule has 0 radical (unpaired) electrons. The largest absolute Gasteiger partial charge is 0.496 e. The highest BCUT2D eigenvalue weighted by Gasteiger charge is 2.34. The van der Waals surface area contributed by atoms with Crippen LogP contribution in [0, 0.1) is 13.8 Å². The number of aryl methyl sites for hydroxylation is 1. The van der Waals surface area contributed by atoms with Gasteiger partial charge in [-0.15, -0.1) is 0 Å². The van der Waals surface area contributed by atoms with E-state index in [9.17, 15) is 8.42 Å². The van der Waals surface area contributed by atoms with Gasteiger partial charge in [0, 0.05) is 35.5 Å². The summed E-state index contributed by atoms with van der Waals surface area (Å²) < 4.78 is 29.7. The molecule has 21 heavy (non-hydrogen) atoms. The van der Waals surface area contributed by atoms with E-state index in [1.165, 1.54) is 0 Å². The summed E-state index contributed by atoms with van der Waals surface area (Å²) in [5, 5.41) is -0.445. The van der Waals surface area contributed by atoms with Gasteiger partial charge >= 0.3 is 0 Å². The lowest BCUT2D eigenvalue weighted by Crippen LogP contribution is -2.45. The molecule has 1 aliphatic heterocycles. The lowest BCUT2D eigenvalue weighted by molar-refractivity contribution is 0.406. The molecule has 1 aromatic rings. The second kappa shape index (κ2) is 6.32. The first-order valence-corrected chi connectivity index (χ1v) is 9.04. The lowest BCUT2D eigenvalue weighted by atomic mass is 10.00. The van der Waals surface area contributed by atoms with E-state index in [1.54, 1.807) is 13.3 Å². The summed E-state index contributed by atoms with van der Waals surface area (Å²) in [5.74, 6) is 1.06. The molecule has 2 rings (SSSR count). The maximum absolute atomic E-state index is 12.2. The van der Waals surface area contributed by atoms with E-state index in [0.717, 1.165) is 35.4 Å². The minimum absolute atomic E-state index is 0.259. The van der Waals surface area contributed by atoms with Crippen molar-refractivity contribution in [2.45, 2.75) is 50.8 Å². The van der Waals surface area contributed by atoms with Crippen molar-refractivity contribution < 1.29 is 13.2 Å². The molecule has 2 atom stereocenters.